The van der Waals surface area contributed by atoms with Crippen molar-refractivity contribution in [3.63, 3.8) is 0 Å². The molecule has 8 aromatic carbocycles. The van der Waals surface area contributed by atoms with Crippen molar-refractivity contribution in [3.8, 4) is 0 Å². The number of benzene rings is 8. The first kappa shape index (κ1) is 28.6. The predicted molar refractivity (Wildman–Crippen MR) is 213 cm³/mol. The van der Waals surface area contributed by atoms with Crippen molar-refractivity contribution in [1.29, 1.82) is 0 Å². The van der Waals surface area contributed by atoms with E-state index in [1.165, 1.54) is 25.6 Å². The van der Waals surface area contributed by atoms with Gasteiger partial charge >= 0.3 is 0 Å². The van der Waals surface area contributed by atoms with Gasteiger partial charge in [0.05, 0.1) is 16.8 Å². The van der Waals surface area contributed by atoms with Gasteiger partial charge in [0.2, 0.25) is 0 Å². The lowest BCUT2D eigenvalue weighted by Crippen LogP contribution is -2.17. The van der Waals surface area contributed by atoms with Crippen LogP contribution in [0.15, 0.2) is 186 Å². The molecule has 4 heteroatoms. The highest BCUT2D eigenvalue weighted by atomic mass is 32.1. The maximum atomic E-state index is 6.74. The van der Waals surface area contributed by atoms with E-state index < -0.39 is 0 Å². The van der Waals surface area contributed by atoms with Gasteiger partial charge in [0.15, 0.2) is 0 Å². The zero-order chi connectivity index (χ0) is 33.0. The van der Waals surface area contributed by atoms with Crippen molar-refractivity contribution in [1.82, 2.24) is 0 Å². The standard InChI is InChI=1S/C46H30N2OS/c1-4-16-33(17-5-1)47(34-18-6-2-7-19-34)40-26-27-41-45(39-28-31-14-10-11-15-32(31)29-42(39)49-41)46(40)48(35-20-8-3-9-21-35)36-24-25-38-37-22-12-13-23-43(37)50-44(38)30-36/h1-30H. The largest absolute Gasteiger partial charge is 0.456 e. The second-order valence-electron chi connectivity index (χ2n) is 12.6. The van der Waals surface area contributed by atoms with Gasteiger partial charge in [-0.25, -0.2) is 0 Å². The fraction of sp³-hybridized carbons (Fsp3) is 0. The molecule has 3 nitrogen and oxygen atoms in total. The molecule has 0 N–H and O–H groups in total. The van der Waals surface area contributed by atoms with Crippen LogP contribution in [-0.2, 0) is 0 Å². The third-order valence-corrected chi connectivity index (χ3v) is 10.7. The molecule has 0 aliphatic carbocycles. The van der Waals surface area contributed by atoms with E-state index in [0.29, 0.717) is 0 Å². The summed E-state index contributed by atoms with van der Waals surface area (Å²) in [4.78, 5) is 4.78. The summed E-state index contributed by atoms with van der Waals surface area (Å²) in [5, 5.41) is 7.06. The van der Waals surface area contributed by atoms with E-state index in [2.05, 4.69) is 192 Å². The van der Waals surface area contributed by atoms with Gasteiger partial charge in [-0.3, -0.25) is 0 Å². The molecule has 50 heavy (non-hydrogen) atoms. The molecule has 2 heterocycles. The maximum absolute atomic E-state index is 6.74. The molecular formula is C46H30N2OS. The summed E-state index contributed by atoms with van der Waals surface area (Å²) in [5.41, 5.74) is 8.12. The van der Waals surface area contributed by atoms with Crippen LogP contribution < -0.4 is 9.80 Å². The van der Waals surface area contributed by atoms with Crippen LogP contribution in [0.3, 0.4) is 0 Å². The Labute approximate surface area is 293 Å². The number of furan rings is 1. The van der Waals surface area contributed by atoms with E-state index in [1.807, 2.05) is 11.3 Å². The minimum absolute atomic E-state index is 0.846. The Morgan fingerprint density at radius 1 is 0.380 bits per heavy atom. The smallest absolute Gasteiger partial charge is 0.137 e. The number of rotatable bonds is 6. The topological polar surface area (TPSA) is 19.6 Å². The van der Waals surface area contributed by atoms with Crippen molar-refractivity contribution < 1.29 is 4.42 Å². The highest BCUT2D eigenvalue weighted by Crippen LogP contribution is 2.52. The van der Waals surface area contributed by atoms with E-state index in [0.717, 1.165) is 61.4 Å². The van der Waals surface area contributed by atoms with Crippen LogP contribution in [0.5, 0.6) is 0 Å². The number of hydrogen-bond donors (Lipinski definition) is 0. The predicted octanol–water partition coefficient (Wildman–Crippen LogP) is 14.0. The number of hydrogen-bond acceptors (Lipinski definition) is 4. The van der Waals surface area contributed by atoms with Crippen molar-refractivity contribution in [3.05, 3.63) is 182 Å². The minimum atomic E-state index is 0.846. The minimum Gasteiger partial charge on any atom is -0.456 e. The molecule has 0 fully saturated rings. The van der Waals surface area contributed by atoms with Crippen molar-refractivity contribution >= 4 is 98.3 Å². The second kappa shape index (κ2) is 11.7. The lowest BCUT2D eigenvalue weighted by atomic mass is 10.0. The van der Waals surface area contributed by atoms with Gasteiger partial charge in [0, 0.05) is 48.3 Å². The SMILES string of the molecule is c1ccc(N(c2ccccc2)c2ccc3oc4cc5ccccc5cc4c3c2N(c2ccccc2)c2ccc3c(c2)sc2ccccc23)cc1. The lowest BCUT2D eigenvalue weighted by molar-refractivity contribution is 0.669. The molecule has 0 unspecified atom stereocenters. The van der Waals surface area contributed by atoms with E-state index in [-0.39, 0.29) is 0 Å². The van der Waals surface area contributed by atoms with Gasteiger partial charge in [-0.2, -0.15) is 0 Å². The number of anilines is 6. The summed E-state index contributed by atoms with van der Waals surface area (Å²) < 4.78 is 9.28. The van der Waals surface area contributed by atoms with Gasteiger partial charge in [0.1, 0.15) is 11.2 Å². The summed E-state index contributed by atoms with van der Waals surface area (Å²) in [6, 6.07) is 64.9. The molecule has 0 aliphatic rings. The Hall–Kier alpha value is -6.36. The van der Waals surface area contributed by atoms with Crippen LogP contribution in [0, 0.1) is 0 Å². The molecule has 0 saturated carbocycles. The highest BCUT2D eigenvalue weighted by Gasteiger charge is 2.27. The van der Waals surface area contributed by atoms with Crippen molar-refractivity contribution in [2.24, 2.45) is 0 Å². The molecule has 10 rings (SSSR count). The van der Waals surface area contributed by atoms with Gasteiger partial charge in [-0.1, -0.05) is 103 Å². The molecule has 2 aromatic heterocycles. The summed E-state index contributed by atoms with van der Waals surface area (Å²) in [6.07, 6.45) is 0. The van der Waals surface area contributed by atoms with Crippen LogP contribution >= 0.6 is 11.3 Å². The Morgan fingerprint density at radius 3 is 1.66 bits per heavy atom. The summed E-state index contributed by atoms with van der Waals surface area (Å²) >= 11 is 1.84. The zero-order valence-corrected chi connectivity index (χ0v) is 27.8. The number of fused-ring (bicyclic) bond motifs is 7. The Balaban J connectivity index is 1.35. The number of thiophene rings is 1. The first-order chi connectivity index (χ1) is 24.8. The maximum Gasteiger partial charge on any atom is 0.137 e. The molecule has 0 saturated heterocycles. The Bertz CT molecular complexity index is 2780. The molecule has 0 spiro atoms. The summed E-state index contributed by atoms with van der Waals surface area (Å²) in [5.74, 6) is 0. The van der Waals surface area contributed by atoms with Crippen LogP contribution in [0.2, 0.25) is 0 Å². The van der Waals surface area contributed by atoms with Crippen LogP contribution in [0.25, 0.3) is 52.9 Å². The fourth-order valence-corrected chi connectivity index (χ4v) is 8.49. The van der Waals surface area contributed by atoms with Crippen LogP contribution in [0.4, 0.5) is 34.1 Å². The number of nitrogens with zero attached hydrogens (tertiary/aromatic N) is 2. The van der Waals surface area contributed by atoms with Gasteiger partial charge < -0.3 is 14.2 Å². The average molecular weight is 659 g/mol. The fourth-order valence-electron chi connectivity index (χ4n) is 7.35. The Kier molecular flexibility index (Phi) is 6.68. The first-order valence-electron chi connectivity index (χ1n) is 16.8. The van der Waals surface area contributed by atoms with E-state index >= 15 is 0 Å². The van der Waals surface area contributed by atoms with Crippen molar-refractivity contribution in [2.45, 2.75) is 0 Å². The normalized spacial score (nSPS) is 11.6. The third kappa shape index (κ3) is 4.65. The molecule has 0 atom stereocenters. The third-order valence-electron chi connectivity index (χ3n) is 9.58. The van der Waals surface area contributed by atoms with Crippen LogP contribution in [-0.4, -0.2) is 0 Å². The quantitative estimate of drug-likeness (QED) is 0.177. The molecular weight excluding hydrogens is 629 g/mol. The first-order valence-corrected chi connectivity index (χ1v) is 17.7. The Morgan fingerprint density at radius 2 is 0.960 bits per heavy atom. The summed E-state index contributed by atoms with van der Waals surface area (Å²) in [6.45, 7) is 0. The highest BCUT2D eigenvalue weighted by molar-refractivity contribution is 7.25. The van der Waals surface area contributed by atoms with E-state index in [9.17, 15) is 0 Å². The van der Waals surface area contributed by atoms with Crippen LogP contribution in [0.1, 0.15) is 0 Å². The van der Waals surface area contributed by atoms with Gasteiger partial charge in [-0.15, -0.1) is 11.3 Å². The molecule has 10 aromatic rings. The molecule has 0 amide bonds. The van der Waals surface area contributed by atoms with E-state index in [1.54, 1.807) is 0 Å². The lowest BCUT2D eigenvalue weighted by Gasteiger charge is -2.33. The number of para-hydroxylation sites is 3. The molecule has 0 aliphatic heterocycles. The molecule has 0 bridgehead atoms. The molecule has 236 valence electrons. The van der Waals surface area contributed by atoms with E-state index in [4.69, 9.17) is 4.42 Å². The van der Waals surface area contributed by atoms with Gasteiger partial charge in [0.25, 0.3) is 0 Å². The second-order valence-corrected chi connectivity index (χ2v) is 13.6. The van der Waals surface area contributed by atoms with Gasteiger partial charge in [-0.05, 0) is 89.6 Å². The zero-order valence-electron chi connectivity index (χ0n) is 27.0. The molecule has 0 radical (unpaired) electrons. The average Bonchev–Trinajstić information content (AvgIpc) is 3.73. The monoisotopic (exact) mass is 658 g/mol. The summed E-state index contributed by atoms with van der Waals surface area (Å²) in [7, 11) is 0. The van der Waals surface area contributed by atoms with Crippen molar-refractivity contribution in [2.75, 3.05) is 9.80 Å².